The third-order valence-corrected chi connectivity index (χ3v) is 3.17. The quantitative estimate of drug-likeness (QED) is 0.873. The topological polar surface area (TPSA) is 41.1 Å². The van der Waals surface area contributed by atoms with Gasteiger partial charge in [0.25, 0.3) is 0 Å². The highest BCUT2D eigenvalue weighted by Gasteiger charge is 2.07. The molecule has 0 spiro atoms. The summed E-state index contributed by atoms with van der Waals surface area (Å²) in [6.07, 6.45) is 0. The molecule has 104 valence electrons. The molecular weight excluding hydrogens is 248 g/mol. The van der Waals surface area contributed by atoms with Crippen LogP contribution in [0.4, 0.5) is 5.69 Å². The number of hydrogen-bond donors (Lipinski definition) is 2. The Hall–Kier alpha value is -2.13. The molecule has 0 fully saturated rings. The Morgan fingerprint density at radius 3 is 2.55 bits per heavy atom. The average molecular weight is 268 g/mol. The van der Waals surface area contributed by atoms with Crippen LogP contribution in [0.2, 0.25) is 0 Å². The van der Waals surface area contributed by atoms with Crippen LogP contribution in [0.5, 0.6) is 0 Å². The summed E-state index contributed by atoms with van der Waals surface area (Å²) in [6, 6.07) is 18.0. The largest absolute Gasteiger partial charge is 0.325 e. The van der Waals surface area contributed by atoms with Crippen molar-refractivity contribution in [1.29, 1.82) is 0 Å². The smallest absolute Gasteiger partial charge is 0.238 e. The molecule has 3 nitrogen and oxygen atoms in total. The molecule has 0 bridgehead atoms. The molecule has 2 aromatic carbocycles. The van der Waals surface area contributed by atoms with Gasteiger partial charge in [0.05, 0.1) is 6.54 Å². The fourth-order valence-corrected chi connectivity index (χ4v) is 2.03. The van der Waals surface area contributed by atoms with Gasteiger partial charge < -0.3 is 10.6 Å². The predicted octanol–water partition coefficient (Wildman–Crippen LogP) is 3.28. The van der Waals surface area contributed by atoms with Crippen LogP contribution in [-0.4, -0.2) is 12.5 Å². The zero-order valence-corrected chi connectivity index (χ0v) is 11.9. The van der Waals surface area contributed by atoms with Gasteiger partial charge >= 0.3 is 0 Å². The second-order valence-corrected chi connectivity index (χ2v) is 4.93. The third-order valence-electron chi connectivity index (χ3n) is 3.17. The molecule has 0 radical (unpaired) electrons. The summed E-state index contributed by atoms with van der Waals surface area (Å²) in [6.45, 7) is 4.35. The lowest BCUT2D eigenvalue weighted by atomic mass is 10.1. The summed E-state index contributed by atoms with van der Waals surface area (Å²) in [5.41, 5.74) is 3.15. The van der Waals surface area contributed by atoms with Crippen molar-refractivity contribution in [2.24, 2.45) is 0 Å². The monoisotopic (exact) mass is 268 g/mol. The summed E-state index contributed by atoms with van der Waals surface area (Å²) in [7, 11) is 0. The summed E-state index contributed by atoms with van der Waals surface area (Å²) >= 11 is 0. The molecular formula is C17H20N2O. The first-order chi connectivity index (χ1) is 9.65. The minimum Gasteiger partial charge on any atom is -0.325 e. The Kier molecular flexibility index (Phi) is 4.91. The van der Waals surface area contributed by atoms with Gasteiger partial charge in [-0.1, -0.05) is 42.5 Å². The highest BCUT2D eigenvalue weighted by atomic mass is 16.1. The number of hydrogen-bond acceptors (Lipinski definition) is 2. The van der Waals surface area contributed by atoms with E-state index >= 15 is 0 Å². The van der Waals surface area contributed by atoms with E-state index in [2.05, 4.69) is 29.7 Å². The molecule has 2 rings (SSSR count). The Balaban J connectivity index is 1.83. The van der Waals surface area contributed by atoms with Crippen molar-refractivity contribution in [3.8, 4) is 0 Å². The van der Waals surface area contributed by atoms with Crippen LogP contribution in [0.1, 0.15) is 24.1 Å². The molecule has 0 heterocycles. The number of benzene rings is 2. The van der Waals surface area contributed by atoms with E-state index in [9.17, 15) is 4.79 Å². The van der Waals surface area contributed by atoms with Gasteiger partial charge in [0.2, 0.25) is 5.91 Å². The molecule has 2 N–H and O–H groups in total. The standard InChI is InChI=1S/C17H20N2O/c1-13-7-6-10-16(11-13)19-17(20)12-18-14(2)15-8-4-3-5-9-15/h3-11,14,18H,12H2,1-2H3,(H,19,20). The molecule has 1 unspecified atom stereocenters. The van der Waals surface area contributed by atoms with Crippen LogP contribution in [-0.2, 0) is 4.79 Å². The summed E-state index contributed by atoms with van der Waals surface area (Å²) in [4.78, 5) is 11.9. The lowest BCUT2D eigenvalue weighted by Crippen LogP contribution is -2.30. The highest BCUT2D eigenvalue weighted by Crippen LogP contribution is 2.11. The summed E-state index contributed by atoms with van der Waals surface area (Å²) in [5, 5.41) is 6.11. The molecule has 0 aliphatic rings. The molecule has 1 amide bonds. The normalized spacial score (nSPS) is 11.9. The molecule has 0 aliphatic heterocycles. The summed E-state index contributed by atoms with van der Waals surface area (Å²) < 4.78 is 0. The van der Waals surface area contributed by atoms with Gasteiger partial charge in [-0.3, -0.25) is 4.79 Å². The zero-order chi connectivity index (χ0) is 14.4. The summed E-state index contributed by atoms with van der Waals surface area (Å²) in [5.74, 6) is -0.0293. The van der Waals surface area contributed by atoms with E-state index in [0.29, 0.717) is 6.54 Å². The lowest BCUT2D eigenvalue weighted by Gasteiger charge is -2.14. The Bertz CT molecular complexity index is 566. The number of carbonyl (C=O) groups excluding carboxylic acids is 1. The Morgan fingerprint density at radius 2 is 1.85 bits per heavy atom. The zero-order valence-electron chi connectivity index (χ0n) is 11.9. The molecule has 0 saturated heterocycles. The van der Waals surface area contributed by atoms with Crippen molar-refractivity contribution in [3.63, 3.8) is 0 Å². The number of rotatable bonds is 5. The van der Waals surface area contributed by atoms with Crippen LogP contribution in [0.3, 0.4) is 0 Å². The molecule has 0 saturated carbocycles. The minimum absolute atomic E-state index is 0.0293. The molecule has 2 aromatic rings. The van der Waals surface area contributed by atoms with Crippen LogP contribution in [0, 0.1) is 6.92 Å². The maximum Gasteiger partial charge on any atom is 0.238 e. The van der Waals surface area contributed by atoms with E-state index in [4.69, 9.17) is 0 Å². The van der Waals surface area contributed by atoms with Crippen molar-refractivity contribution in [3.05, 3.63) is 65.7 Å². The van der Waals surface area contributed by atoms with E-state index in [1.54, 1.807) is 0 Å². The Morgan fingerprint density at radius 1 is 1.10 bits per heavy atom. The lowest BCUT2D eigenvalue weighted by molar-refractivity contribution is -0.115. The fourth-order valence-electron chi connectivity index (χ4n) is 2.03. The Labute approximate surface area is 120 Å². The molecule has 20 heavy (non-hydrogen) atoms. The fraction of sp³-hybridized carbons (Fsp3) is 0.235. The van der Waals surface area contributed by atoms with Crippen molar-refractivity contribution in [1.82, 2.24) is 5.32 Å². The second-order valence-electron chi connectivity index (χ2n) is 4.93. The van der Waals surface area contributed by atoms with E-state index in [-0.39, 0.29) is 11.9 Å². The van der Waals surface area contributed by atoms with Crippen LogP contribution in [0.15, 0.2) is 54.6 Å². The van der Waals surface area contributed by atoms with Crippen LogP contribution < -0.4 is 10.6 Å². The molecule has 1 atom stereocenters. The van der Waals surface area contributed by atoms with E-state index < -0.39 is 0 Å². The SMILES string of the molecule is Cc1cccc(NC(=O)CNC(C)c2ccccc2)c1. The molecule has 3 heteroatoms. The molecule has 0 aliphatic carbocycles. The van der Waals surface area contributed by atoms with Crippen molar-refractivity contribution in [2.45, 2.75) is 19.9 Å². The maximum atomic E-state index is 11.9. The van der Waals surface area contributed by atoms with E-state index in [0.717, 1.165) is 11.3 Å². The average Bonchev–Trinajstić information content (AvgIpc) is 2.46. The van der Waals surface area contributed by atoms with Crippen LogP contribution in [0.25, 0.3) is 0 Å². The first-order valence-corrected chi connectivity index (χ1v) is 6.80. The predicted molar refractivity (Wildman–Crippen MR) is 82.7 cm³/mol. The number of nitrogens with one attached hydrogen (secondary N) is 2. The third kappa shape index (κ3) is 4.21. The van der Waals surface area contributed by atoms with Gasteiger partial charge in [0, 0.05) is 11.7 Å². The molecule has 0 aromatic heterocycles. The van der Waals surface area contributed by atoms with Crippen molar-refractivity contribution >= 4 is 11.6 Å². The van der Waals surface area contributed by atoms with Gasteiger partial charge in [0.1, 0.15) is 0 Å². The van der Waals surface area contributed by atoms with Gasteiger partial charge in [-0.05, 0) is 37.1 Å². The van der Waals surface area contributed by atoms with Gasteiger partial charge in [-0.2, -0.15) is 0 Å². The van der Waals surface area contributed by atoms with Crippen LogP contribution >= 0.6 is 0 Å². The number of amides is 1. The van der Waals surface area contributed by atoms with E-state index in [1.807, 2.05) is 49.4 Å². The van der Waals surface area contributed by atoms with Crippen molar-refractivity contribution < 1.29 is 4.79 Å². The van der Waals surface area contributed by atoms with Crippen molar-refractivity contribution in [2.75, 3.05) is 11.9 Å². The van der Waals surface area contributed by atoms with Gasteiger partial charge in [-0.15, -0.1) is 0 Å². The van der Waals surface area contributed by atoms with E-state index in [1.165, 1.54) is 5.56 Å². The first-order valence-electron chi connectivity index (χ1n) is 6.80. The second kappa shape index (κ2) is 6.87. The highest BCUT2D eigenvalue weighted by molar-refractivity contribution is 5.92. The number of anilines is 1. The first kappa shape index (κ1) is 14.3. The number of carbonyl (C=O) groups is 1. The maximum absolute atomic E-state index is 11.9. The minimum atomic E-state index is -0.0293. The van der Waals surface area contributed by atoms with Gasteiger partial charge in [-0.25, -0.2) is 0 Å². The van der Waals surface area contributed by atoms with Gasteiger partial charge in [0.15, 0.2) is 0 Å². The number of aryl methyl sites for hydroxylation is 1.